The number of likely N-dealkylation sites (N-methyl/N-ethyl adjacent to an activating group) is 1. The van der Waals surface area contributed by atoms with Gasteiger partial charge in [-0.3, -0.25) is 0 Å². The van der Waals surface area contributed by atoms with Crippen LogP contribution in [0.25, 0.3) is 0 Å². The third-order valence-electron chi connectivity index (χ3n) is 3.17. The van der Waals surface area contributed by atoms with Crippen molar-refractivity contribution in [3.8, 4) is 0 Å². The van der Waals surface area contributed by atoms with Gasteiger partial charge in [0.25, 0.3) is 0 Å². The summed E-state index contributed by atoms with van der Waals surface area (Å²) in [6.45, 7) is 0. The van der Waals surface area contributed by atoms with Gasteiger partial charge in [0.15, 0.2) is 0 Å². The largest absolute Gasteiger partial charge is 0.316 e. The first-order valence-corrected chi connectivity index (χ1v) is 9.53. The molecule has 0 saturated heterocycles. The molecule has 1 N–H and O–H groups in total. The van der Waals surface area contributed by atoms with E-state index in [1.807, 2.05) is 37.0 Å². The molecule has 0 aliphatic heterocycles. The van der Waals surface area contributed by atoms with Crippen LogP contribution in [0.1, 0.15) is 5.56 Å². The van der Waals surface area contributed by atoms with Gasteiger partial charge in [0.1, 0.15) is 0 Å². The Hall–Kier alpha value is -0.0000000000000000555. The molecule has 0 aliphatic rings. The minimum absolute atomic E-state index is 0.376. The van der Waals surface area contributed by atoms with Gasteiger partial charge in [-0.05, 0) is 59.2 Å². The van der Waals surface area contributed by atoms with Crippen LogP contribution >= 0.6 is 55.2 Å². The molecule has 2 aromatic carbocycles. The molecule has 0 radical (unpaired) electrons. The van der Waals surface area contributed by atoms with Gasteiger partial charge in [-0.25, -0.2) is 0 Å². The summed E-state index contributed by atoms with van der Waals surface area (Å²) >= 11 is 15.2. The van der Waals surface area contributed by atoms with E-state index in [1.165, 1.54) is 10.5 Å². The minimum Gasteiger partial charge on any atom is -0.316 e. The number of benzene rings is 2. The highest BCUT2D eigenvalue weighted by Crippen LogP contribution is 2.28. The fourth-order valence-electron chi connectivity index (χ4n) is 1.95. The Balaban J connectivity index is 1.99. The van der Waals surface area contributed by atoms with Gasteiger partial charge in [-0.15, -0.1) is 11.8 Å². The fourth-order valence-corrected chi connectivity index (χ4v) is 4.37. The highest BCUT2D eigenvalue weighted by Gasteiger charge is 2.11. The van der Waals surface area contributed by atoms with Crippen LogP contribution in [0, 0.1) is 0 Å². The normalized spacial score (nSPS) is 12.4. The summed E-state index contributed by atoms with van der Waals surface area (Å²) in [5.74, 6) is 0.992. The number of thioether (sulfide) groups is 1. The van der Waals surface area contributed by atoms with Gasteiger partial charge in [0, 0.05) is 30.7 Å². The number of halogens is 3. The van der Waals surface area contributed by atoms with Gasteiger partial charge in [-0.1, -0.05) is 45.7 Å². The molecule has 0 amide bonds. The molecule has 2 aromatic rings. The molecule has 0 aliphatic carbocycles. The summed E-state index contributed by atoms with van der Waals surface area (Å²) in [6, 6.07) is 14.7. The van der Waals surface area contributed by atoms with Crippen LogP contribution in [-0.2, 0) is 6.42 Å². The van der Waals surface area contributed by atoms with Gasteiger partial charge in [0.05, 0.1) is 0 Å². The summed E-state index contributed by atoms with van der Waals surface area (Å²) in [4.78, 5) is 1.26. The summed E-state index contributed by atoms with van der Waals surface area (Å²) in [5.41, 5.74) is 1.17. The molecule has 21 heavy (non-hydrogen) atoms. The van der Waals surface area contributed by atoms with E-state index in [9.17, 15) is 0 Å². The smallest absolute Gasteiger partial charge is 0.0449 e. The van der Waals surface area contributed by atoms with Gasteiger partial charge in [-0.2, -0.15) is 0 Å². The topological polar surface area (TPSA) is 12.0 Å². The number of hydrogen-bond donors (Lipinski definition) is 1. The fraction of sp³-hybridized carbons (Fsp3) is 0.250. The Kier molecular flexibility index (Phi) is 7.10. The molecule has 1 unspecified atom stereocenters. The molecule has 0 aromatic heterocycles. The van der Waals surface area contributed by atoms with Crippen molar-refractivity contribution in [3.05, 3.63) is 62.0 Å². The molecule has 1 atom stereocenters. The van der Waals surface area contributed by atoms with Crippen molar-refractivity contribution in [2.75, 3.05) is 12.8 Å². The van der Waals surface area contributed by atoms with Crippen LogP contribution in [0.5, 0.6) is 0 Å². The molecule has 0 saturated carbocycles. The van der Waals surface area contributed by atoms with Crippen molar-refractivity contribution in [2.24, 2.45) is 0 Å². The minimum atomic E-state index is 0.376. The first-order chi connectivity index (χ1) is 10.1. The van der Waals surface area contributed by atoms with Crippen molar-refractivity contribution >= 4 is 55.2 Å². The zero-order valence-electron chi connectivity index (χ0n) is 11.6. The van der Waals surface area contributed by atoms with Gasteiger partial charge in [0.2, 0.25) is 0 Å². The standard InChI is InChI=1S/C16H16Br2ClNS/c1-20-13(8-11-6-7-12(17)9-15(11)19)10-21-16-5-3-2-4-14(16)18/h2-7,9,13,20H,8,10H2,1H3. The molecule has 5 heteroatoms. The van der Waals surface area contributed by atoms with E-state index in [4.69, 9.17) is 11.6 Å². The van der Waals surface area contributed by atoms with Crippen molar-refractivity contribution in [2.45, 2.75) is 17.4 Å². The van der Waals surface area contributed by atoms with E-state index in [0.717, 1.165) is 26.1 Å². The maximum Gasteiger partial charge on any atom is 0.0449 e. The first kappa shape index (κ1) is 17.4. The number of rotatable bonds is 6. The molecule has 2 rings (SSSR count). The summed E-state index contributed by atoms with van der Waals surface area (Å²) in [6.07, 6.45) is 0.917. The molecular weight excluding hydrogens is 434 g/mol. The Labute approximate surface area is 152 Å². The lowest BCUT2D eigenvalue weighted by molar-refractivity contribution is 0.617. The average molecular weight is 450 g/mol. The van der Waals surface area contributed by atoms with E-state index >= 15 is 0 Å². The van der Waals surface area contributed by atoms with Gasteiger partial charge < -0.3 is 5.32 Å². The van der Waals surface area contributed by atoms with Crippen LogP contribution in [-0.4, -0.2) is 18.8 Å². The molecule has 0 bridgehead atoms. The third kappa shape index (κ3) is 5.29. The monoisotopic (exact) mass is 447 g/mol. The lowest BCUT2D eigenvalue weighted by atomic mass is 10.1. The Morgan fingerprint density at radius 3 is 2.62 bits per heavy atom. The predicted octanol–water partition coefficient (Wildman–Crippen LogP) is 5.79. The Morgan fingerprint density at radius 1 is 1.19 bits per heavy atom. The number of hydrogen-bond acceptors (Lipinski definition) is 2. The summed E-state index contributed by atoms with van der Waals surface area (Å²) in [5, 5.41) is 4.19. The van der Waals surface area contributed by atoms with Crippen LogP contribution in [0.4, 0.5) is 0 Å². The van der Waals surface area contributed by atoms with Crippen LogP contribution in [0.2, 0.25) is 5.02 Å². The molecular formula is C16H16Br2ClNS. The second-order valence-electron chi connectivity index (χ2n) is 4.67. The first-order valence-electron chi connectivity index (χ1n) is 6.58. The van der Waals surface area contributed by atoms with Crippen molar-refractivity contribution < 1.29 is 0 Å². The van der Waals surface area contributed by atoms with E-state index in [0.29, 0.717) is 6.04 Å². The van der Waals surface area contributed by atoms with Crippen molar-refractivity contribution in [1.82, 2.24) is 5.32 Å². The van der Waals surface area contributed by atoms with Crippen LogP contribution in [0.3, 0.4) is 0 Å². The molecule has 1 nitrogen and oxygen atoms in total. The second kappa shape index (κ2) is 8.59. The molecule has 0 spiro atoms. The summed E-state index contributed by atoms with van der Waals surface area (Å²) in [7, 11) is 2.00. The predicted molar refractivity (Wildman–Crippen MR) is 101 cm³/mol. The van der Waals surface area contributed by atoms with Crippen LogP contribution in [0.15, 0.2) is 56.3 Å². The average Bonchev–Trinajstić information content (AvgIpc) is 2.47. The highest BCUT2D eigenvalue weighted by atomic mass is 79.9. The highest BCUT2D eigenvalue weighted by molar-refractivity contribution is 9.10. The maximum absolute atomic E-state index is 6.30. The van der Waals surface area contributed by atoms with Crippen LogP contribution < -0.4 is 5.32 Å². The van der Waals surface area contributed by atoms with E-state index < -0.39 is 0 Å². The van der Waals surface area contributed by atoms with Crippen molar-refractivity contribution in [3.63, 3.8) is 0 Å². The SMILES string of the molecule is CNC(CSc1ccccc1Br)Cc1ccc(Br)cc1Cl. The van der Waals surface area contributed by atoms with Gasteiger partial charge >= 0.3 is 0 Å². The Morgan fingerprint density at radius 2 is 1.95 bits per heavy atom. The summed E-state index contributed by atoms with van der Waals surface area (Å²) < 4.78 is 2.16. The van der Waals surface area contributed by atoms with E-state index in [-0.39, 0.29) is 0 Å². The third-order valence-corrected chi connectivity index (χ3v) is 6.20. The second-order valence-corrected chi connectivity index (χ2v) is 7.91. The molecule has 112 valence electrons. The zero-order valence-corrected chi connectivity index (χ0v) is 16.3. The molecule has 0 heterocycles. The lowest BCUT2D eigenvalue weighted by Crippen LogP contribution is -2.30. The number of nitrogens with one attached hydrogen (secondary N) is 1. The van der Waals surface area contributed by atoms with E-state index in [1.54, 1.807) is 0 Å². The maximum atomic E-state index is 6.30. The Bertz CT molecular complexity index is 607. The zero-order chi connectivity index (χ0) is 15.2. The van der Waals surface area contributed by atoms with E-state index in [2.05, 4.69) is 61.4 Å². The van der Waals surface area contributed by atoms with Crippen molar-refractivity contribution in [1.29, 1.82) is 0 Å². The quantitative estimate of drug-likeness (QED) is 0.561. The molecule has 0 fully saturated rings. The lowest BCUT2D eigenvalue weighted by Gasteiger charge is -2.17.